The summed E-state index contributed by atoms with van der Waals surface area (Å²) in [6, 6.07) is 1.82. The van der Waals surface area contributed by atoms with Gasteiger partial charge in [0.1, 0.15) is 5.75 Å². The fourth-order valence-corrected chi connectivity index (χ4v) is 1.86. The summed E-state index contributed by atoms with van der Waals surface area (Å²) in [6.45, 7) is 9.92. The fraction of sp³-hybridized carbons (Fsp3) is 0.500. The molecule has 0 radical (unpaired) electrons. The lowest BCUT2D eigenvalue weighted by atomic mass is 9.89. The highest BCUT2D eigenvalue weighted by Crippen LogP contribution is 2.37. The van der Waals surface area contributed by atoms with Crippen LogP contribution in [0.15, 0.2) is 18.2 Å². The van der Waals surface area contributed by atoms with Crippen molar-refractivity contribution in [3.05, 3.63) is 29.5 Å². The molecule has 102 valence electrons. The third kappa shape index (κ3) is 2.82. The zero-order valence-electron chi connectivity index (χ0n) is 12.1. The van der Waals surface area contributed by atoms with Crippen molar-refractivity contribution >= 4 is 13.2 Å². The van der Waals surface area contributed by atoms with Crippen molar-refractivity contribution in [2.24, 2.45) is 0 Å². The third-order valence-corrected chi connectivity index (χ3v) is 3.76. The van der Waals surface area contributed by atoms with Gasteiger partial charge in [-0.05, 0) is 40.7 Å². The van der Waals surface area contributed by atoms with Gasteiger partial charge in [0.05, 0.1) is 17.4 Å². The molecule has 0 saturated carbocycles. The van der Waals surface area contributed by atoms with Crippen molar-refractivity contribution in [1.82, 2.24) is 4.98 Å². The molecular formula is C14H20BNO3. The molecule has 4 nitrogen and oxygen atoms in total. The highest BCUT2D eigenvalue weighted by molar-refractivity contribution is 6.52. The largest absolute Gasteiger partial charge is 0.506 e. The Bertz CT molecular complexity index is 495. The van der Waals surface area contributed by atoms with Gasteiger partial charge in [-0.25, -0.2) is 0 Å². The molecule has 1 aliphatic heterocycles. The van der Waals surface area contributed by atoms with E-state index in [0.717, 1.165) is 5.69 Å². The van der Waals surface area contributed by atoms with Crippen molar-refractivity contribution in [3.8, 4) is 5.75 Å². The standard InChI is InChI=1S/C14H20BNO3/c1-10-8-11(12(17)9-16-10)6-7-15-18-13(2,3)14(4,5)19-15/h6-9,17H,1-5H3/b7-6+. The second-order valence-electron chi connectivity index (χ2n) is 5.87. The molecule has 0 bridgehead atoms. The summed E-state index contributed by atoms with van der Waals surface area (Å²) in [5.41, 5.74) is 0.866. The van der Waals surface area contributed by atoms with Gasteiger partial charge in [-0.3, -0.25) is 4.98 Å². The van der Waals surface area contributed by atoms with E-state index in [4.69, 9.17) is 9.31 Å². The van der Waals surface area contributed by atoms with Gasteiger partial charge < -0.3 is 14.4 Å². The lowest BCUT2D eigenvalue weighted by molar-refractivity contribution is 0.00578. The van der Waals surface area contributed by atoms with E-state index in [1.807, 2.05) is 46.7 Å². The topological polar surface area (TPSA) is 51.6 Å². The summed E-state index contributed by atoms with van der Waals surface area (Å²) in [5, 5.41) is 9.72. The third-order valence-electron chi connectivity index (χ3n) is 3.76. The van der Waals surface area contributed by atoms with Crippen LogP contribution in [0.4, 0.5) is 0 Å². The monoisotopic (exact) mass is 261 g/mol. The molecule has 0 aliphatic carbocycles. The molecule has 1 aromatic rings. The number of hydrogen-bond acceptors (Lipinski definition) is 4. The van der Waals surface area contributed by atoms with Gasteiger partial charge in [0, 0.05) is 11.3 Å². The summed E-state index contributed by atoms with van der Waals surface area (Å²) in [6.07, 6.45) is 3.24. The van der Waals surface area contributed by atoms with Crippen LogP contribution in [-0.2, 0) is 9.31 Å². The number of nitrogens with zero attached hydrogens (tertiary/aromatic N) is 1. The lowest BCUT2D eigenvalue weighted by Gasteiger charge is -2.32. The normalized spacial score (nSPS) is 21.2. The fourth-order valence-electron chi connectivity index (χ4n) is 1.86. The number of pyridine rings is 1. The highest BCUT2D eigenvalue weighted by atomic mass is 16.7. The minimum atomic E-state index is -0.405. The molecule has 0 unspecified atom stereocenters. The smallest absolute Gasteiger partial charge is 0.487 e. The van der Waals surface area contributed by atoms with Crippen molar-refractivity contribution < 1.29 is 14.4 Å². The van der Waals surface area contributed by atoms with Gasteiger partial charge in [-0.2, -0.15) is 0 Å². The van der Waals surface area contributed by atoms with Crippen LogP contribution in [0.5, 0.6) is 5.75 Å². The van der Waals surface area contributed by atoms with Gasteiger partial charge in [0.2, 0.25) is 0 Å². The van der Waals surface area contributed by atoms with E-state index in [2.05, 4.69) is 4.98 Å². The number of hydrogen-bond donors (Lipinski definition) is 1. The minimum Gasteiger partial charge on any atom is -0.506 e. The molecule has 1 aliphatic rings. The molecule has 0 aromatic carbocycles. The van der Waals surface area contributed by atoms with Crippen molar-refractivity contribution in [2.45, 2.75) is 45.8 Å². The Kier molecular flexibility index (Phi) is 3.45. The van der Waals surface area contributed by atoms with Crippen LogP contribution in [0.2, 0.25) is 0 Å². The van der Waals surface area contributed by atoms with Crippen LogP contribution >= 0.6 is 0 Å². The Morgan fingerprint density at radius 3 is 2.37 bits per heavy atom. The van der Waals surface area contributed by atoms with E-state index in [0.29, 0.717) is 5.56 Å². The first-order valence-corrected chi connectivity index (χ1v) is 6.41. The van der Waals surface area contributed by atoms with Crippen LogP contribution in [0.1, 0.15) is 39.0 Å². The molecular weight excluding hydrogens is 241 g/mol. The molecule has 0 amide bonds. The number of rotatable bonds is 2. The van der Waals surface area contributed by atoms with E-state index < -0.39 is 7.12 Å². The van der Waals surface area contributed by atoms with Crippen molar-refractivity contribution in [1.29, 1.82) is 0 Å². The summed E-state index contributed by atoms with van der Waals surface area (Å²) in [4.78, 5) is 4.02. The number of aryl methyl sites for hydroxylation is 1. The lowest BCUT2D eigenvalue weighted by Crippen LogP contribution is -2.41. The first kappa shape index (κ1) is 14.1. The second kappa shape index (κ2) is 4.65. The Morgan fingerprint density at radius 1 is 1.21 bits per heavy atom. The minimum absolute atomic E-state index is 0.151. The van der Waals surface area contributed by atoms with Gasteiger partial charge in [0.25, 0.3) is 0 Å². The Morgan fingerprint density at radius 2 is 1.79 bits per heavy atom. The summed E-state index contributed by atoms with van der Waals surface area (Å²) in [5.74, 6) is 1.96. The zero-order chi connectivity index (χ0) is 14.3. The molecule has 0 spiro atoms. The zero-order valence-corrected chi connectivity index (χ0v) is 12.1. The van der Waals surface area contributed by atoms with Crippen LogP contribution in [0.25, 0.3) is 6.08 Å². The summed E-state index contributed by atoms with van der Waals surface area (Å²) < 4.78 is 11.7. The molecule has 0 atom stereocenters. The average Bonchev–Trinajstić information content (AvgIpc) is 2.49. The van der Waals surface area contributed by atoms with Crippen LogP contribution in [0.3, 0.4) is 0 Å². The van der Waals surface area contributed by atoms with Gasteiger partial charge in [-0.15, -0.1) is 0 Å². The van der Waals surface area contributed by atoms with Gasteiger partial charge in [0.15, 0.2) is 0 Å². The number of aromatic nitrogens is 1. The quantitative estimate of drug-likeness (QED) is 0.831. The molecule has 5 heteroatoms. The molecule has 1 fully saturated rings. The van der Waals surface area contributed by atoms with E-state index >= 15 is 0 Å². The highest BCUT2D eigenvalue weighted by Gasteiger charge is 2.49. The van der Waals surface area contributed by atoms with Crippen molar-refractivity contribution in [2.75, 3.05) is 0 Å². The molecule has 2 rings (SSSR count). The maximum Gasteiger partial charge on any atom is 0.487 e. The van der Waals surface area contributed by atoms with E-state index in [-0.39, 0.29) is 17.0 Å². The van der Waals surface area contributed by atoms with E-state index in [1.54, 1.807) is 6.08 Å². The predicted octanol–water partition coefficient (Wildman–Crippen LogP) is 2.74. The van der Waals surface area contributed by atoms with Gasteiger partial charge >= 0.3 is 7.12 Å². The van der Waals surface area contributed by atoms with Gasteiger partial charge in [-0.1, -0.05) is 12.1 Å². The maximum absolute atomic E-state index is 9.72. The second-order valence-corrected chi connectivity index (χ2v) is 5.87. The SMILES string of the molecule is Cc1cc(/C=C/B2OC(C)(C)C(C)(C)O2)c(O)cn1. The predicted molar refractivity (Wildman–Crippen MR) is 75.8 cm³/mol. The number of aromatic hydroxyl groups is 1. The van der Waals surface area contributed by atoms with Crippen LogP contribution in [0, 0.1) is 6.92 Å². The Hall–Kier alpha value is -1.33. The molecule has 1 aromatic heterocycles. The maximum atomic E-state index is 9.72. The first-order chi connectivity index (χ1) is 8.71. The Labute approximate surface area is 114 Å². The molecule has 1 saturated heterocycles. The summed E-state index contributed by atoms with van der Waals surface area (Å²) >= 11 is 0. The molecule has 19 heavy (non-hydrogen) atoms. The van der Waals surface area contributed by atoms with Crippen LogP contribution < -0.4 is 0 Å². The molecule has 2 heterocycles. The summed E-state index contributed by atoms with van der Waals surface area (Å²) in [7, 11) is -0.405. The Balaban J connectivity index is 2.15. The van der Waals surface area contributed by atoms with Crippen LogP contribution in [-0.4, -0.2) is 28.4 Å². The van der Waals surface area contributed by atoms with E-state index in [9.17, 15) is 5.11 Å². The average molecular weight is 261 g/mol. The molecule has 1 N–H and O–H groups in total. The first-order valence-electron chi connectivity index (χ1n) is 6.41. The van der Waals surface area contributed by atoms with Crippen molar-refractivity contribution in [3.63, 3.8) is 0 Å². The van der Waals surface area contributed by atoms with E-state index in [1.165, 1.54) is 6.20 Å².